The minimum Gasteiger partial charge on any atom is -0.494 e. The molecule has 2 rings (SSSR count). The van der Waals surface area contributed by atoms with E-state index in [2.05, 4.69) is 10.2 Å². The summed E-state index contributed by atoms with van der Waals surface area (Å²) in [5, 5.41) is 3.41. The molecular formula is C15H25N3O2. The summed E-state index contributed by atoms with van der Waals surface area (Å²) in [6.07, 6.45) is 1.11. The first-order chi connectivity index (χ1) is 9.78. The van der Waals surface area contributed by atoms with Crippen LogP contribution in [0.1, 0.15) is 13.3 Å². The second-order valence-corrected chi connectivity index (χ2v) is 4.96. The fraction of sp³-hybridized carbons (Fsp3) is 0.600. The lowest BCUT2D eigenvalue weighted by molar-refractivity contribution is 0.0378. The molecule has 5 nitrogen and oxygen atoms in total. The van der Waals surface area contributed by atoms with Gasteiger partial charge in [0.15, 0.2) is 0 Å². The summed E-state index contributed by atoms with van der Waals surface area (Å²) in [5.41, 5.74) is 7.62. The molecular weight excluding hydrogens is 254 g/mol. The number of ether oxygens (including phenoxy) is 2. The van der Waals surface area contributed by atoms with Gasteiger partial charge in [-0.3, -0.25) is 4.90 Å². The number of hydrogen-bond acceptors (Lipinski definition) is 5. The number of benzene rings is 1. The highest BCUT2D eigenvalue weighted by Crippen LogP contribution is 2.22. The van der Waals surface area contributed by atoms with Crippen molar-refractivity contribution < 1.29 is 9.47 Å². The van der Waals surface area contributed by atoms with Crippen LogP contribution in [0.4, 0.5) is 11.4 Å². The smallest absolute Gasteiger partial charge is 0.123 e. The van der Waals surface area contributed by atoms with Gasteiger partial charge in [-0.2, -0.15) is 0 Å². The van der Waals surface area contributed by atoms with E-state index >= 15 is 0 Å². The van der Waals surface area contributed by atoms with Crippen LogP contribution in [0, 0.1) is 0 Å². The SMILES string of the molecule is CCOc1cc(N)cc(NCCCN2CCOCC2)c1. The zero-order valence-corrected chi connectivity index (χ0v) is 12.2. The maximum absolute atomic E-state index is 5.87. The second kappa shape index (κ2) is 7.97. The van der Waals surface area contributed by atoms with Crippen molar-refractivity contribution in [2.75, 3.05) is 57.1 Å². The Kier molecular flexibility index (Phi) is 5.95. The summed E-state index contributed by atoms with van der Waals surface area (Å²) in [6, 6.07) is 5.79. The molecule has 1 aromatic rings. The summed E-state index contributed by atoms with van der Waals surface area (Å²) >= 11 is 0. The number of nitrogens with zero attached hydrogens (tertiary/aromatic N) is 1. The summed E-state index contributed by atoms with van der Waals surface area (Å²) in [5.74, 6) is 0.822. The van der Waals surface area contributed by atoms with Gasteiger partial charge in [-0.1, -0.05) is 0 Å². The Balaban J connectivity index is 1.72. The minimum atomic E-state index is 0.653. The monoisotopic (exact) mass is 279 g/mol. The van der Waals surface area contributed by atoms with Gasteiger partial charge in [-0.15, -0.1) is 0 Å². The molecule has 0 aliphatic carbocycles. The first-order valence-corrected chi connectivity index (χ1v) is 7.35. The zero-order chi connectivity index (χ0) is 14.2. The van der Waals surface area contributed by atoms with Crippen molar-refractivity contribution in [3.8, 4) is 5.75 Å². The quantitative estimate of drug-likeness (QED) is 0.589. The summed E-state index contributed by atoms with van der Waals surface area (Å²) in [6.45, 7) is 8.49. The van der Waals surface area contributed by atoms with Crippen LogP contribution >= 0.6 is 0 Å². The molecule has 0 atom stereocenters. The number of anilines is 2. The Morgan fingerprint density at radius 2 is 2.10 bits per heavy atom. The lowest BCUT2D eigenvalue weighted by atomic mass is 10.2. The Morgan fingerprint density at radius 3 is 2.85 bits per heavy atom. The van der Waals surface area contributed by atoms with Crippen LogP contribution in [0.2, 0.25) is 0 Å². The molecule has 20 heavy (non-hydrogen) atoms. The van der Waals surface area contributed by atoms with Gasteiger partial charge >= 0.3 is 0 Å². The summed E-state index contributed by atoms with van der Waals surface area (Å²) in [4.78, 5) is 2.44. The second-order valence-electron chi connectivity index (χ2n) is 4.96. The summed E-state index contributed by atoms with van der Waals surface area (Å²) in [7, 11) is 0. The number of nitrogens with two attached hydrogens (primary N) is 1. The predicted molar refractivity (Wildman–Crippen MR) is 82.4 cm³/mol. The third-order valence-electron chi connectivity index (χ3n) is 3.32. The normalized spacial score (nSPS) is 16.1. The van der Waals surface area contributed by atoms with Crippen molar-refractivity contribution in [2.45, 2.75) is 13.3 Å². The van der Waals surface area contributed by atoms with Crippen LogP contribution in [0.15, 0.2) is 18.2 Å². The lowest BCUT2D eigenvalue weighted by Crippen LogP contribution is -2.37. The third-order valence-corrected chi connectivity index (χ3v) is 3.32. The first-order valence-electron chi connectivity index (χ1n) is 7.35. The molecule has 1 aliphatic rings. The van der Waals surface area contributed by atoms with Gasteiger partial charge < -0.3 is 20.5 Å². The van der Waals surface area contributed by atoms with Gasteiger partial charge in [0, 0.05) is 43.1 Å². The average molecular weight is 279 g/mol. The van der Waals surface area contributed by atoms with Crippen molar-refractivity contribution in [1.29, 1.82) is 0 Å². The van der Waals surface area contributed by atoms with E-state index in [1.807, 2.05) is 25.1 Å². The molecule has 0 aromatic heterocycles. The molecule has 1 heterocycles. The highest BCUT2D eigenvalue weighted by molar-refractivity contribution is 5.59. The molecule has 1 saturated heterocycles. The molecule has 0 radical (unpaired) electrons. The number of hydrogen-bond donors (Lipinski definition) is 2. The van der Waals surface area contributed by atoms with Gasteiger partial charge in [-0.25, -0.2) is 0 Å². The Labute approximate surface area is 121 Å². The van der Waals surface area contributed by atoms with E-state index in [0.29, 0.717) is 6.61 Å². The van der Waals surface area contributed by atoms with Gasteiger partial charge in [-0.05, 0) is 26.0 Å². The maximum atomic E-state index is 5.87. The fourth-order valence-corrected chi connectivity index (χ4v) is 2.33. The number of morpholine rings is 1. The van der Waals surface area contributed by atoms with Crippen LogP contribution < -0.4 is 15.8 Å². The zero-order valence-electron chi connectivity index (χ0n) is 12.2. The molecule has 0 saturated carbocycles. The molecule has 3 N–H and O–H groups in total. The van der Waals surface area contributed by atoms with Crippen LogP contribution in [-0.2, 0) is 4.74 Å². The van der Waals surface area contributed by atoms with Gasteiger partial charge in [0.05, 0.1) is 19.8 Å². The van der Waals surface area contributed by atoms with Crippen LogP contribution in [0.25, 0.3) is 0 Å². The number of nitrogens with one attached hydrogen (secondary N) is 1. The van der Waals surface area contributed by atoms with E-state index in [9.17, 15) is 0 Å². The Hall–Kier alpha value is -1.46. The first kappa shape index (κ1) is 14.9. The highest BCUT2D eigenvalue weighted by atomic mass is 16.5. The van der Waals surface area contributed by atoms with Crippen molar-refractivity contribution in [3.05, 3.63) is 18.2 Å². The van der Waals surface area contributed by atoms with Gasteiger partial charge in [0.25, 0.3) is 0 Å². The topological polar surface area (TPSA) is 59.8 Å². The minimum absolute atomic E-state index is 0.653. The standard InChI is InChI=1S/C15H25N3O2/c1-2-20-15-11-13(16)10-14(12-15)17-4-3-5-18-6-8-19-9-7-18/h10-12,17H,2-9,16H2,1H3. The molecule has 1 aliphatic heterocycles. The van der Waals surface area contributed by atoms with E-state index in [4.69, 9.17) is 15.2 Å². The van der Waals surface area contributed by atoms with Gasteiger partial charge in [0.2, 0.25) is 0 Å². The van der Waals surface area contributed by atoms with Gasteiger partial charge in [0.1, 0.15) is 5.75 Å². The summed E-state index contributed by atoms with van der Waals surface area (Å²) < 4.78 is 10.8. The van der Waals surface area contributed by atoms with Crippen molar-refractivity contribution >= 4 is 11.4 Å². The maximum Gasteiger partial charge on any atom is 0.123 e. The molecule has 0 spiro atoms. The Bertz CT molecular complexity index is 406. The van der Waals surface area contributed by atoms with Crippen LogP contribution in [0.5, 0.6) is 5.75 Å². The molecule has 1 fully saturated rings. The highest BCUT2D eigenvalue weighted by Gasteiger charge is 2.09. The molecule has 1 aromatic carbocycles. The van der Waals surface area contributed by atoms with Crippen molar-refractivity contribution in [2.24, 2.45) is 0 Å². The van der Waals surface area contributed by atoms with E-state index in [0.717, 1.165) is 62.9 Å². The molecule has 112 valence electrons. The fourth-order valence-electron chi connectivity index (χ4n) is 2.33. The predicted octanol–water partition coefficient (Wildman–Crippen LogP) is 1.80. The van der Waals surface area contributed by atoms with E-state index < -0.39 is 0 Å². The van der Waals surface area contributed by atoms with Crippen molar-refractivity contribution in [3.63, 3.8) is 0 Å². The average Bonchev–Trinajstić information content (AvgIpc) is 2.45. The van der Waals surface area contributed by atoms with Crippen molar-refractivity contribution in [1.82, 2.24) is 4.90 Å². The molecule has 0 amide bonds. The van der Waals surface area contributed by atoms with Crippen LogP contribution in [0.3, 0.4) is 0 Å². The largest absolute Gasteiger partial charge is 0.494 e. The van der Waals surface area contributed by atoms with E-state index in [-0.39, 0.29) is 0 Å². The van der Waals surface area contributed by atoms with Crippen LogP contribution in [-0.4, -0.2) is 50.9 Å². The number of rotatable bonds is 7. The lowest BCUT2D eigenvalue weighted by Gasteiger charge is -2.26. The third kappa shape index (κ3) is 4.90. The Morgan fingerprint density at radius 1 is 1.30 bits per heavy atom. The molecule has 0 bridgehead atoms. The molecule has 0 unspecified atom stereocenters. The molecule has 5 heteroatoms. The number of nitrogen functional groups attached to an aromatic ring is 1. The van der Waals surface area contributed by atoms with E-state index in [1.165, 1.54) is 0 Å². The van der Waals surface area contributed by atoms with E-state index in [1.54, 1.807) is 0 Å².